The molecule has 0 atom stereocenters. The van der Waals surface area contributed by atoms with Gasteiger partial charge in [-0.1, -0.05) is 35.9 Å². The van der Waals surface area contributed by atoms with Crippen LogP contribution in [0.5, 0.6) is 0 Å². The molecular weight excluding hydrogens is 276 g/mol. The number of benzene rings is 1. The SMILES string of the molecule is C/C=C/C=C/C(=O)N(C)CC(=O)Nc1c(C)cc(C)cc1C. The lowest BCUT2D eigenvalue weighted by atomic mass is 10.1. The molecule has 0 aromatic heterocycles. The fourth-order valence-electron chi connectivity index (χ4n) is 2.23. The van der Waals surface area contributed by atoms with Crippen LogP contribution in [0.4, 0.5) is 5.69 Å². The molecule has 0 saturated carbocycles. The first-order valence-electron chi connectivity index (χ1n) is 7.27. The van der Waals surface area contributed by atoms with Gasteiger partial charge in [0.05, 0.1) is 6.54 Å². The number of allylic oxidation sites excluding steroid dienone is 3. The maximum atomic E-state index is 12.1. The van der Waals surface area contributed by atoms with Crippen molar-refractivity contribution < 1.29 is 9.59 Å². The van der Waals surface area contributed by atoms with Gasteiger partial charge >= 0.3 is 0 Å². The van der Waals surface area contributed by atoms with Gasteiger partial charge in [0.25, 0.3) is 0 Å². The standard InChI is InChI=1S/C18H24N2O2/c1-6-7-8-9-17(22)20(5)12-16(21)19-18-14(3)10-13(2)11-15(18)4/h6-11H,12H2,1-5H3,(H,19,21)/b7-6+,9-8+. The Morgan fingerprint density at radius 3 is 2.27 bits per heavy atom. The Balaban J connectivity index is 2.69. The highest BCUT2D eigenvalue weighted by Gasteiger charge is 2.12. The van der Waals surface area contributed by atoms with Crippen LogP contribution >= 0.6 is 0 Å². The van der Waals surface area contributed by atoms with Crippen molar-refractivity contribution in [1.29, 1.82) is 0 Å². The first kappa shape index (κ1) is 17.7. The van der Waals surface area contributed by atoms with E-state index in [1.54, 1.807) is 19.2 Å². The Labute approximate surface area is 132 Å². The zero-order valence-electron chi connectivity index (χ0n) is 13.9. The highest BCUT2D eigenvalue weighted by Crippen LogP contribution is 2.21. The minimum Gasteiger partial charge on any atom is -0.333 e. The maximum absolute atomic E-state index is 12.1. The lowest BCUT2D eigenvalue weighted by molar-refractivity contribution is -0.129. The number of hydrogen-bond donors (Lipinski definition) is 1. The third-order valence-corrected chi connectivity index (χ3v) is 3.24. The van der Waals surface area contributed by atoms with Crippen molar-refractivity contribution in [2.45, 2.75) is 27.7 Å². The molecule has 0 spiro atoms. The first-order chi connectivity index (χ1) is 10.3. The number of rotatable bonds is 5. The van der Waals surface area contributed by atoms with Crippen LogP contribution in [0.25, 0.3) is 0 Å². The summed E-state index contributed by atoms with van der Waals surface area (Å²) in [6.45, 7) is 7.84. The molecule has 0 heterocycles. The molecule has 118 valence electrons. The van der Waals surface area contributed by atoms with Gasteiger partial charge < -0.3 is 10.2 Å². The van der Waals surface area contributed by atoms with Crippen LogP contribution in [-0.4, -0.2) is 30.3 Å². The van der Waals surface area contributed by atoms with E-state index in [0.717, 1.165) is 22.4 Å². The molecule has 0 aliphatic rings. The van der Waals surface area contributed by atoms with Crippen molar-refractivity contribution in [3.05, 3.63) is 53.1 Å². The summed E-state index contributed by atoms with van der Waals surface area (Å²) in [5.41, 5.74) is 4.02. The van der Waals surface area contributed by atoms with E-state index in [-0.39, 0.29) is 18.4 Å². The topological polar surface area (TPSA) is 49.4 Å². The molecule has 0 aliphatic heterocycles. The van der Waals surface area contributed by atoms with Gasteiger partial charge in [-0.2, -0.15) is 0 Å². The van der Waals surface area contributed by atoms with Gasteiger partial charge in [0, 0.05) is 18.8 Å². The summed E-state index contributed by atoms with van der Waals surface area (Å²) in [6, 6.07) is 4.05. The highest BCUT2D eigenvalue weighted by molar-refractivity contribution is 5.97. The molecule has 0 radical (unpaired) electrons. The largest absolute Gasteiger partial charge is 0.333 e. The summed E-state index contributed by atoms with van der Waals surface area (Å²) >= 11 is 0. The summed E-state index contributed by atoms with van der Waals surface area (Å²) in [5, 5.41) is 2.89. The van der Waals surface area contributed by atoms with Crippen LogP contribution in [-0.2, 0) is 9.59 Å². The van der Waals surface area contributed by atoms with Crippen LogP contribution < -0.4 is 5.32 Å². The highest BCUT2D eigenvalue weighted by atomic mass is 16.2. The molecule has 22 heavy (non-hydrogen) atoms. The summed E-state index contributed by atoms with van der Waals surface area (Å²) in [4.78, 5) is 25.3. The number of carbonyl (C=O) groups is 2. The van der Waals surface area contributed by atoms with Gasteiger partial charge in [-0.3, -0.25) is 9.59 Å². The Hall–Kier alpha value is -2.36. The van der Waals surface area contributed by atoms with E-state index >= 15 is 0 Å². The molecule has 4 nitrogen and oxygen atoms in total. The molecule has 1 aromatic rings. The first-order valence-corrected chi connectivity index (χ1v) is 7.27. The normalized spacial score (nSPS) is 11.1. The average molecular weight is 300 g/mol. The fraction of sp³-hybridized carbons (Fsp3) is 0.333. The average Bonchev–Trinajstić information content (AvgIpc) is 2.42. The molecule has 0 fully saturated rings. The lowest BCUT2D eigenvalue weighted by Crippen LogP contribution is -2.34. The zero-order chi connectivity index (χ0) is 16.7. The van der Waals surface area contributed by atoms with Crippen molar-refractivity contribution in [2.24, 2.45) is 0 Å². The van der Waals surface area contributed by atoms with Crippen molar-refractivity contribution in [3.63, 3.8) is 0 Å². The van der Waals surface area contributed by atoms with E-state index in [1.165, 1.54) is 11.0 Å². The van der Waals surface area contributed by atoms with E-state index in [9.17, 15) is 9.59 Å². The fourth-order valence-corrected chi connectivity index (χ4v) is 2.23. The van der Waals surface area contributed by atoms with E-state index in [0.29, 0.717) is 0 Å². The third-order valence-electron chi connectivity index (χ3n) is 3.24. The Bertz CT molecular complexity index is 593. The molecule has 0 aliphatic carbocycles. The molecule has 1 N–H and O–H groups in total. The van der Waals surface area contributed by atoms with Gasteiger partial charge in [0.15, 0.2) is 0 Å². The number of amides is 2. The van der Waals surface area contributed by atoms with Crippen molar-refractivity contribution in [1.82, 2.24) is 4.90 Å². The van der Waals surface area contributed by atoms with Gasteiger partial charge in [-0.25, -0.2) is 0 Å². The third kappa shape index (κ3) is 5.20. The molecular formula is C18H24N2O2. The quantitative estimate of drug-likeness (QED) is 0.671. The van der Waals surface area contributed by atoms with Crippen LogP contribution in [0.3, 0.4) is 0 Å². The number of anilines is 1. The van der Waals surface area contributed by atoms with E-state index in [4.69, 9.17) is 0 Å². The van der Waals surface area contributed by atoms with E-state index in [2.05, 4.69) is 5.32 Å². The molecule has 4 heteroatoms. The van der Waals surface area contributed by atoms with Gasteiger partial charge in [-0.15, -0.1) is 0 Å². The number of likely N-dealkylation sites (N-methyl/N-ethyl adjacent to an activating group) is 1. The van der Waals surface area contributed by atoms with E-state index in [1.807, 2.05) is 45.9 Å². The minimum absolute atomic E-state index is 0.0196. The predicted molar refractivity (Wildman–Crippen MR) is 90.9 cm³/mol. The second kappa shape index (κ2) is 8.17. The van der Waals surface area contributed by atoms with Crippen LogP contribution in [0.1, 0.15) is 23.6 Å². The Morgan fingerprint density at radius 1 is 1.14 bits per heavy atom. The summed E-state index contributed by atoms with van der Waals surface area (Å²) in [7, 11) is 1.61. The molecule has 0 bridgehead atoms. The molecule has 0 saturated heterocycles. The van der Waals surface area contributed by atoms with Crippen LogP contribution in [0.15, 0.2) is 36.4 Å². The second-order valence-corrected chi connectivity index (χ2v) is 5.40. The second-order valence-electron chi connectivity index (χ2n) is 5.40. The van der Waals surface area contributed by atoms with Crippen LogP contribution in [0.2, 0.25) is 0 Å². The lowest BCUT2D eigenvalue weighted by Gasteiger charge is -2.17. The van der Waals surface area contributed by atoms with Crippen molar-refractivity contribution in [3.8, 4) is 0 Å². The molecule has 2 amide bonds. The van der Waals surface area contributed by atoms with E-state index < -0.39 is 0 Å². The Kier molecular flexibility index (Phi) is 6.57. The summed E-state index contributed by atoms with van der Waals surface area (Å²) < 4.78 is 0. The number of nitrogens with one attached hydrogen (secondary N) is 1. The smallest absolute Gasteiger partial charge is 0.246 e. The Morgan fingerprint density at radius 2 is 1.73 bits per heavy atom. The van der Waals surface area contributed by atoms with Crippen molar-refractivity contribution >= 4 is 17.5 Å². The summed E-state index contributed by atoms with van der Waals surface area (Å²) in [6.07, 6.45) is 6.70. The predicted octanol–water partition coefficient (Wildman–Crippen LogP) is 3.14. The van der Waals surface area contributed by atoms with Crippen LogP contribution in [0, 0.1) is 20.8 Å². The number of carbonyl (C=O) groups excluding carboxylic acids is 2. The van der Waals surface area contributed by atoms with Crippen molar-refractivity contribution in [2.75, 3.05) is 18.9 Å². The monoisotopic (exact) mass is 300 g/mol. The van der Waals surface area contributed by atoms with Gasteiger partial charge in [0.1, 0.15) is 0 Å². The number of hydrogen-bond acceptors (Lipinski definition) is 2. The molecule has 1 aromatic carbocycles. The minimum atomic E-state index is -0.203. The molecule has 1 rings (SSSR count). The van der Waals surface area contributed by atoms with Gasteiger partial charge in [-0.05, 0) is 38.8 Å². The zero-order valence-corrected chi connectivity index (χ0v) is 13.9. The maximum Gasteiger partial charge on any atom is 0.246 e. The van der Waals surface area contributed by atoms with Gasteiger partial charge in [0.2, 0.25) is 11.8 Å². The number of nitrogens with zero attached hydrogens (tertiary/aromatic N) is 1. The summed E-state index contributed by atoms with van der Waals surface area (Å²) in [5.74, 6) is -0.407. The number of aryl methyl sites for hydroxylation is 3. The molecule has 0 unspecified atom stereocenters.